The Hall–Kier alpha value is -4.22. The van der Waals surface area contributed by atoms with Crippen LogP contribution in [-0.2, 0) is 6.54 Å². The molecule has 0 radical (unpaired) electrons. The molecule has 0 spiro atoms. The third-order valence-corrected chi connectivity index (χ3v) is 6.68. The van der Waals surface area contributed by atoms with Crippen molar-refractivity contribution in [1.29, 1.82) is 0 Å². The molecule has 0 unspecified atom stereocenters. The first-order valence-corrected chi connectivity index (χ1v) is 12.2. The number of carbonyl (C=O) groups excluding carboxylic acids is 2. The van der Waals surface area contributed by atoms with Gasteiger partial charge >= 0.3 is 0 Å². The molecule has 1 aliphatic rings. The number of benzene rings is 1. The summed E-state index contributed by atoms with van der Waals surface area (Å²) < 4.78 is 20.1. The van der Waals surface area contributed by atoms with Gasteiger partial charge in [0.05, 0.1) is 0 Å². The van der Waals surface area contributed by atoms with Crippen LogP contribution in [0.15, 0.2) is 35.1 Å². The molecule has 1 aliphatic carbocycles. The van der Waals surface area contributed by atoms with Crippen molar-refractivity contribution in [3.8, 4) is 0 Å². The van der Waals surface area contributed by atoms with Gasteiger partial charge in [-0.05, 0) is 62.6 Å². The largest absolute Gasteiger partial charge is 0.350 e. The highest BCUT2D eigenvalue weighted by atomic mass is 19.1. The van der Waals surface area contributed by atoms with E-state index in [-0.39, 0.29) is 41.4 Å². The SMILES string of the molecule is Cc1noc([C@H]2CC[C@@H](CNC(=O)c3cc(C(=O)NCc4ccc(F)c(C)c4)nc4ncnn34)CC2)n1. The van der Waals surface area contributed by atoms with Crippen molar-refractivity contribution < 1.29 is 18.5 Å². The molecule has 37 heavy (non-hydrogen) atoms. The number of nitrogens with zero attached hydrogens (tertiary/aromatic N) is 6. The highest BCUT2D eigenvalue weighted by molar-refractivity contribution is 5.98. The lowest BCUT2D eigenvalue weighted by Crippen LogP contribution is -2.33. The standard InChI is InChI=1S/C25H27FN8O3/c1-14-9-17(5-8-19(14)26)12-27-22(35)20-10-21(34-25(32-20)29-13-30-34)23(36)28-11-16-3-6-18(7-4-16)24-31-15(2)33-37-24/h5,8-10,13,16,18H,3-4,6-7,11-12H2,1-2H3,(H,27,35)(H,28,36)/t16-,18+. The molecule has 5 rings (SSSR count). The number of fused-ring (bicyclic) bond motifs is 1. The summed E-state index contributed by atoms with van der Waals surface area (Å²) in [6.45, 7) is 4.15. The van der Waals surface area contributed by atoms with Gasteiger partial charge in [0.1, 0.15) is 23.5 Å². The van der Waals surface area contributed by atoms with Gasteiger partial charge in [-0.15, -0.1) is 0 Å². The number of carbonyl (C=O) groups is 2. The summed E-state index contributed by atoms with van der Waals surface area (Å²) >= 11 is 0. The average molecular weight is 507 g/mol. The lowest BCUT2D eigenvalue weighted by atomic mass is 9.82. The minimum absolute atomic E-state index is 0.0415. The summed E-state index contributed by atoms with van der Waals surface area (Å²) in [5.74, 6) is 0.894. The van der Waals surface area contributed by atoms with Crippen LogP contribution in [0.2, 0.25) is 0 Å². The normalized spacial score (nSPS) is 17.6. The van der Waals surface area contributed by atoms with E-state index in [1.54, 1.807) is 26.0 Å². The van der Waals surface area contributed by atoms with E-state index in [1.807, 2.05) is 0 Å². The van der Waals surface area contributed by atoms with Crippen LogP contribution in [0.5, 0.6) is 0 Å². The Morgan fingerprint density at radius 2 is 1.89 bits per heavy atom. The summed E-state index contributed by atoms with van der Waals surface area (Å²) in [5, 5.41) is 13.7. The van der Waals surface area contributed by atoms with E-state index in [9.17, 15) is 14.0 Å². The van der Waals surface area contributed by atoms with Gasteiger partial charge in [0.2, 0.25) is 5.89 Å². The van der Waals surface area contributed by atoms with Crippen LogP contribution in [0, 0.1) is 25.6 Å². The third kappa shape index (κ3) is 5.47. The lowest BCUT2D eigenvalue weighted by molar-refractivity contribution is 0.0934. The number of aryl methyl sites for hydroxylation is 2. The first-order chi connectivity index (χ1) is 17.9. The van der Waals surface area contributed by atoms with Gasteiger partial charge in [0, 0.05) is 25.1 Å². The van der Waals surface area contributed by atoms with Crippen LogP contribution < -0.4 is 10.6 Å². The molecule has 0 aliphatic heterocycles. The number of rotatable bonds is 7. The molecule has 11 nitrogen and oxygen atoms in total. The fourth-order valence-corrected chi connectivity index (χ4v) is 4.60. The van der Waals surface area contributed by atoms with Crippen molar-refractivity contribution >= 4 is 17.6 Å². The maximum Gasteiger partial charge on any atom is 0.270 e. The minimum atomic E-state index is -0.476. The van der Waals surface area contributed by atoms with Crippen LogP contribution in [0.1, 0.15) is 75.4 Å². The fourth-order valence-electron chi connectivity index (χ4n) is 4.60. The van der Waals surface area contributed by atoms with Crippen molar-refractivity contribution in [3.05, 3.63) is 70.6 Å². The highest BCUT2D eigenvalue weighted by Crippen LogP contribution is 2.34. The number of aromatic nitrogens is 6. The number of amides is 2. The predicted molar refractivity (Wildman–Crippen MR) is 129 cm³/mol. The highest BCUT2D eigenvalue weighted by Gasteiger charge is 2.27. The van der Waals surface area contributed by atoms with E-state index < -0.39 is 5.91 Å². The zero-order valence-corrected chi connectivity index (χ0v) is 20.6. The first kappa shape index (κ1) is 24.5. The Kier molecular flexibility index (Phi) is 6.89. The molecule has 2 N–H and O–H groups in total. The van der Waals surface area contributed by atoms with Gasteiger partial charge in [-0.1, -0.05) is 17.3 Å². The topological polar surface area (TPSA) is 140 Å². The maximum absolute atomic E-state index is 13.5. The summed E-state index contributed by atoms with van der Waals surface area (Å²) in [6, 6.07) is 6.03. The van der Waals surface area contributed by atoms with Gasteiger partial charge < -0.3 is 15.2 Å². The monoisotopic (exact) mass is 506 g/mol. The molecule has 12 heteroatoms. The minimum Gasteiger partial charge on any atom is -0.350 e. The van der Waals surface area contributed by atoms with Gasteiger partial charge in [0.15, 0.2) is 5.82 Å². The summed E-state index contributed by atoms with van der Waals surface area (Å²) in [6.07, 6.45) is 4.98. The van der Waals surface area contributed by atoms with Crippen LogP contribution in [0.25, 0.3) is 5.78 Å². The molecule has 1 aromatic carbocycles. The van der Waals surface area contributed by atoms with Gasteiger partial charge in [-0.25, -0.2) is 9.37 Å². The van der Waals surface area contributed by atoms with E-state index in [0.717, 1.165) is 31.2 Å². The first-order valence-electron chi connectivity index (χ1n) is 12.2. The Morgan fingerprint density at radius 3 is 2.62 bits per heavy atom. The summed E-state index contributed by atoms with van der Waals surface area (Å²) in [7, 11) is 0. The maximum atomic E-state index is 13.5. The van der Waals surface area contributed by atoms with Crippen molar-refractivity contribution in [2.75, 3.05) is 6.54 Å². The van der Waals surface area contributed by atoms with Crippen molar-refractivity contribution in [1.82, 2.24) is 40.4 Å². The number of hydrogen-bond donors (Lipinski definition) is 2. The number of halogens is 1. The molecule has 1 fully saturated rings. The molecule has 0 atom stereocenters. The molecule has 2 amide bonds. The molecule has 0 bridgehead atoms. The van der Waals surface area contributed by atoms with Crippen molar-refractivity contribution in [2.24, 2.45) is 5.92 Å². The Balaban J connectivity index is 1.21. The summed E-state index contributed by atoms with van der Waals surface area (Å²) in [5.41, 5.74) is 1.45. The van der Waals surface area contributed by atoms with E-state index in [0.29, 0.717) is 29.7 Å². The summed E-state index contributed by atoms with van der Waals surface area (Å²) in [4.78, 5) is 38.5. The van der Waals surface area contributed by atoms with Crippen molar-refractivity contribution in [3.63, 3.8) is 0 Å². The molecule has 3 heterocycles. The van der Waals surface area contributed by atoms with Crippen molar-refractivity contribution in [2.45, 2.75) is 52.0 Å². The average Bonchev–Trinajstić information content (AvgIpc) is 3.56. The predicted octanol–water partition coefficient (Wildman–Crippen LogP) is 2.90. The Bertz CT molecular complexity index is 1440. The zero-order valence-electron chi connectivity index (χ0n) is 20.6. The Labute approximate surface area is 211 Å². The number of hydrogen-bond acceptors (Lipinski definition) is 8. The van der Waals surface area contributed by atoms with Gasteiger partial charge in [-0.3, -0.25) is 9.59 Å². The van der Waals surface area contributed by atoms with Crippen LogP contribution in [0.4, 0.5) is 4.39 Å². The molecule has 0 saturated heterocycles. The van der Waals surface area contributed by atoms with E-state index in [1.165, 1.54) is 23.0 Å². The van der Waals surface area contributed by atoms with Crippen LogP contribution in [-0.4, -0.2) is 48.1 Å². The second-order valence-electron chi connectivity index (χ2n) is 9.37. The quantitative estimate of drug-likeness (QED) is 0.390. The lowest BCUT2D eigenvalue weighted by Gasteiger charge is -2.26. The molecule has 4 aromatic rings. The second kappa shape index (κ2) is 10.4. The smallest absolute Gasteiger partial charge is 0.270 e. The van der Waals surface area contributed by atoms with Gasteiger partial charge in [0.25, 0.3) is 17.6 Å². The van der Waals surface area contributed by atoms with Crippen LogP contribution >= 0.6 is 0 Å². The number of nitrogens with one attached hydrogen (secondary N) is 2. The molecule has 3 aromatic heterocycles. The zero-order chi connectivity index (χ0) is 25.9. The molecular weight excluding hydrogens is 479 g/mol. The molecule has 192 valence electrons. The second-order valence-corrected chi connectivity index (χ2v) is 9.37. The molecule has 1 saturated carbocycles. The Morgan fingerprint density at radius 1 is 1.08 bits per heavy atom. The third-order valence-electron chi connectivity index (χ3n) is 6.68. The van der Waals surface area contributed by atoms with E-state index in [2.05, 4.69) is 35.8 Å². The van der Waals surface area contributed by atoms with Gasteiger partial charge in [-0.2, -0.15) is 19.6 Å². The van der Waals surface area contributed by atoms with E-state index >= 15 is 0 Å². The van der Waals surface area contributed by atoms with E-state index in [4.69, 9.17) is 4.52 Å². The van der Waals surface area contributed by atoms with Crippen LogP contribution in [0.3, 0.4) is 0 Å². The molecular formula is C25H27FN8O3. The fraction of sp³-hybridized carbons (Fsp3) is 0.400.